The second-order valence-electron chi connectivity index (χ2n) is 5.29. The fourth-order valence-corrected chi connectivity index (χ4v) is 2.52. The SMILES string of the molecule is C[Si](C)(C)OC(=O)CCc1nc2ccccc2[nH]1. The predicted octanol–water partition coefficient (Wildman–Crippen LogP) is 2.87. The Labute approximate surface area is 108 Å². The van der Waals surface area contributed by atoms with Crippen molar-refractivity contribution in [2.75, 3.05) is 0 Å². The zero-order valence-corrected chi connectivity index (χ0v) is 12.0. The van der Waals surface area contributed by atoms with Gasteiger partial charge in [0.15, 0.2) is 0 Å². The van der Waals surface area contributed by atoms with Crippen molar-refractivity contribution < 1.29 is 9.22 Å². The van der Waals surface area contributed by atoms with Crippen molar-refractivity contribution >= 4 is 25.3 Å². The molecule has 4 nitrogen and oxygen atoms in total. The van der Waals surface area contributed by atoms with Crippen LogP contribution in [0.15, 0.2) is 24.3 Å². The molecule has 2 aromatic rings. The van der Waals surface area contributed by atoms with E-state index < -0.39 is 8.32 Å². The summed E-state index contributed by atoms with van der Waals surface area (Å²) in [5.74, 6) is 0.707. The number of nitrogens with one attached hydrogen (secondary N) is 1. The molecule has 1 aromatic carbocycles. The number of carbonyl (C=O) groups is 1. The topological polar surface area (TPSA) is 55.0 Å². The van der Waals surface area contributed by atoms with Crippen LogP contribution in [0.5, 0.6) is 0 Å². The third kappa shape index (κ3) is 3.43. The first-order valence-corrected chi connectivity index (χ1v) is 9.50. The molecule has 1 aromatic heterocycles. The van der Waals surface area contributed by atoms with E-state index in [1.807, 2.05) is 43.9 Å². The summed E-state index contributed by atoms with van der Waals surface area (Å²) < 4.78 is 5.39. The van der Waals surface area contributed by atoms with Gasteiger partial charge in [-0.25, -0.2) is 4.98 Å². The number of benzene rings is 1. The van der Waals surface area contributed by atoms with Crippen LogP contribution in [-0.2, 0) is 15.6 Å². The fourth-order valence-electron chi connectivity index (χ4n) is 1.74. The lowest BCUT2D eigenvalue weighted by Gasteiger charge is -2.16. The van der Waals surface area contributed by atoms with E-state index in [0.29, 0.717) is 12.8 Å². The number of nitrogens with zero attached hydrogens (tertiary/aromatic N) is 1. The van der Waals surface area contributed by atoms with Crippen LogP contribution in [0.3, 0.4) is 0 Å². The van der Waals surface area contributed by atoms with Crippen molar-refractivity contribution in [3.8, 4) is 0 Å². The number of aryl methyl sites for hydroxylation is 1. The first kappa shape index (κ1) is 12.8. The van der Waals surface area contributed by atoms with Crippen LogP contribution in [0.2, 0.25) is 19.6 Å². The molecule has 0 saturated carbocycles. The standard InChI is InChI=1S/C13H18N2O2Si/c1-18(2,3)17-13(16)9-8-12-14-10-6-4-5-7-11(10)15-12/h4-7H,8-9H2,1-3H3,(H,14,15). The summed E-state index contributed by atoms with van der Waals surface area (Å²) in [6.45, 7) is 6.02. The Morgan fingerprint density at radius 3 is 2.72 bits per heavy atom. The van der Waals surface area contributed by atoms with Gasteiger partial charge < -0.3 is 9.41 Å². The maximum atomic E-state index is 11.6. The van der Waals surface area contributed by atoms with Crippen molar-refractivity contribution in [2.24, 2.45) is 0 Å². The summed E-state index contributed by atoms with van der Waals surface area (Å²) >= 11 is 0. The maximum absolute atomic E-state index is 11.6. The minimum atomic E-state index is -1.77. The molecule has 96 valence electrons. The lowest BCUT2D eigenvalue weighted by Crippen LogP contribution is -2.29. The number of carbonyl (C=O) groups excluding carboxylic acids is 1. The van der Waals surface area contributed by atoms with E-state index in [1.54, 1.807) is 0 Å². The fraction of sp³-hybridized carbons (Fsp3) is 0.385. The highest BCUT2D eigenvalue weighted by molar-refractivity contribution is 6.71. The smallest absolute Gasteiger partial charge is 0.292 e. The summed E-state index contributed by atoms with van der Waals surface area (Å²) in [5.41, 5.74) is 1.94. The number of aromatic nitrogens is 2. The van der Waals surface area contributed by atoms with E-state index >= 15 is 0 Å². The predicted molar refractivity (Wildman–Crippen MR) is 73.9 cm³/mol. The minimum absolute atomic E-state index is 0.130. The number of para-hydroxylation sites is 2. The number of fused-ring (bicyclic) bond motifs is 1. The molecule has 0 aliphatic heterocycles. The molecule has 0 fully saturated rings. The molecule has 0 amide bonds. The zero-order chi connectivity index (χ0) is 13.2. The number of hydrogen-bond donors (Lipinski definition) is 1. The molecule has 0 aliphatic rings. The number of aromatic amines is 1. The van der Waals surface area contributed by atoms with Gasteiger partial charge in [-0.3, -0.25) is 4.79 Å². The quantitative estimate of drug-likeness (QED) is 0.862. The second-order valence-corrected chi connectivity index (χ2v) is 9.72. The zero-order valence-electron chi connectivity index (χ0n) is 11.0. The second kappa shape index (κ2) is 4.94. The van der Waals surface area contributed by atoms with Gasteiger partial charge >= 0.3 is 0 Å². The van der Waals surface area contributed by atoms with E-state index in [9.17, 15) is 4.79 Å². The van der Waals surface area contributed by atoms with Crippen LogP contribution < -0.4 is 0 Å². The molecule has 0 spiro atoms. The summed E-state index contributed by atoms with van der Waals surface area (Å²) in [4.78, 5) is 19.3. The van der Waals surface area contributed by atoms with E-state index in [1.165, 1.54) is 0 Å². The van der Waals surface area contributed by atoms with Crippen molar-refractivity contribution in [1.29, 1.82) is 0 Å². The summed E-state index contributed by atoms with van der Waals surface area (Å²) in [5, 5.41) is 0. The van der Waals surface area contributed by atoms with Gasteiger partial charge in [-0.1, -0.05) is 12.1 Å². The van der Waals surface area contributed by atoms with Crippen molar-refractivity contribution in [2.45, 2.75) is 32.5 Å². The summed E-state index contributed by atoms with van der Waals surface area (Å²) in [6, 6.07) is 7.85. The third-order valence-electron chi connectivity index (χ3n) is 2.42. The molecule has 1 N–H and O–H groups in total. The average molecular weight is 262 g/mol. The molecule has 5 heteroatoms. The molecule has 2 rings (SSSR count). The molecule has 1 heterocycles. The molecule has 0 aliphatic carbocycles. The Hall–Kier alpha value is -1.62. The number of hydrogen-bond acceptors (Lipinski definition) is 3. The third-order valence-corrected chi connectivity index (χ3v) is 3.26. The maximum Gasteiger partial charge on any atom is 0.292 e. The van der Waals surface area contributed by atoms with Gasteiger partial charge in [-0.05, 0) is 31.8 Å². The summed E-state index contributed by atoms with van der Waals surface area (Å²) in [6.07, 6.45) is 0.974. The molecule has 0 unspecified atom stereocenters. The van der Waals surface area contributed by atoms with Crippen LogP contribution in [0.1, 0.15) is 12.2 Å². The van der Waals surface area contributed by atoms with Gasteiger partial charge in [0, 0.05) is 6.42 Å². The summed E-state index contributed by atoms with van der Waals surface area (Å²) in [7, 11) is -1.77. The Morgan fingerprint density at radius 1 is 1.33 bits per heavy atom. The minimum Gasteiger partial charge on any atom is -0.520 e. The highest BCUT2D eigenvalue weighted by Gasteiger charge is 2.19. The Kier molecular flexibility index (Phi) is 3.52. The molecule has 0 atom stereocenters. The van der Waals surface area contributed by atoms with Crippen LogP contribution in [0.25, 0.3) is 11.0 Å². The van der Waals surface area contributed by atoms with Crippen LogP contribution in [0, 0.1) is 0 Å². The molecule has 18 heavy (non-hydrogen) atoms. The monoisotopic (exact) mass is 262 g/mol. The van der Waals surface area contributed by atoms with E-state index in [0.717, 1.165) is 16.9 Å². The molecule has 0 saturated heterocycles. The van der Waals surface area contributed by atoms with E-state index in [-0.39, 0.29) is 5.97 Å². The normalized spacial score (nSPS) is 11.7. The highest BCUT2D eigenvalue weighted by Crippen LogP contribution is 2.12. The highest BCUT2D eigenvalue weighted by atomic mass is 28.4. The number of imidazole rings is 1. The average Bonchev–Trinajstić information content (AvgIpc) is 2.66. The number of rotatable bonds is 4. The van der Waals surface area contributed by atoms with Crippen molar-refractivity contribution in [3.05, 3.63) is 30.1 Å². The van der Waals surface area contributed by atoms with Crippen molar-refractivity contribution in [3.63, 3.8) is 0 Å². The van der Waals surface area contributed by atoms with Gasteiger partial charge in [0.25, 0.3) is 5.97 Å². The molecular weight excluding hydrogens is 244 g/mol. The molecule has 0 bridgehead atoms. The van der Waals surface area contributed by atoms with Crippen LogP contribution in [0.4, 0.5) is 0 Å². The lowest BCUT2D eigenvalue weighted by molar-refractivity contribution is -0.135. The van der Waals surface area contributed by atoms with Gasteiger partial charge in [-0.2, -0.15) is 0 Å². The van der Waals surface area contributed by atoms with Gasteiger partial charge in [-0.15, -0.1) is 0 Å². The lowest BCUT2D eigenvalue weighted by atomic mass is 10.3. The Balaban J connectivity index is 1.96. The van der Waals surface area contributed by atoms with Gasteiger partial charge in [0.05, 0.1) is 17.5 Å². The van der Waals surface area contributed by atoms with Crippen molar-refractivity contribution in [1.82, 2.24) is 9.97 Å². The van der Waals surface area contributed by atoms with Gasteiger partial charge in [0.2, 0.25) is 8.32 Å². The van der Waals surface area contributed by atoms with Crippen LogP contribution >= 0.6 is 0 Å². The molecule has 0 radical (unpaired) electrons. The first-order valence-electron chi connectivity index (χ1n) is 6.09. The van der Waals surface area contributed by atoms with E-state index in [4.69, 9.17) is 4.43 Å². The van der Waals surface area contributed by atoms with Crippen LogP contribution in [-0.4, -0.2) is 24.3 Å². The first-order chi connectivity index (χ1) is 8.44. The Morgan fingerprint density at radius 2 is 2.06 bits per heavy atom. The Bertz CT molecular complexity index is 524. The molecular formula is C13H18N2O2Si. The number of H-pyrrole nitrogens is 1. The van der Waals surface area contributed by atoms with Gasteiger partial charge in [0.1, 0.15) is 5.82 Å². The van der Waals surface area contributed by atoms with E-state index in [2.05, 4.69) is 9.97 Å². The largest absolute Gasteiger partial charge is 0.520 e.